The van der Waals surface area contributed by atoms with E-state index in [9.17, 15) is 0 Å². The van der Waals surface area contributed by atoms with Crippen LogP contribution < -0.4 is 5.32 Å². The van der Waals surface area contributed by atoms with Crippen molar-refractivity contribution >= 4 is 0 Å². The van der Waals surface area contributed by atoms with Gasteiger partial charge in [-0.25, -0.2) is 0 Å². The molecule has 1 aromatic rings. The maximum atomic E-state index is 4.10. The lowest BCUT2D eigenvalue weighted by molar-refractivity contribution is 0.690. The number of rotatable bonds is 3. The van der Waals surface area contributed by atoms with Crippen LogP contribution in [0.25, 0.3) is 0 Å². The minimum absolute atomic E-state index is 0.658. The Bertz CT molecular complexity index is 268. The molecule has 0 saturated heterocycles. The second-order valence-electron chi connectivity index (χ2n) is 3.48. The molecule has 2 atom stereocenters. The van der Waals surface area contributed by atoms with Gasteiger partial charge in [0.15, 0.2) is 0 Å². The van der Waals surface area contributed by atoms with Crippen molar-refractivity contribution in [2.45, 2.75) is 12.3 Å². The van der Waals surface area contributed by atoms with Gasteiger partial charge in [-0.3, -0.25) is 4.68 Å². The average molecular weight is 166 g/mol. The fourth-order valence-corrected chi connectivity index (χ4v) is 1.63. The molecule has 1 aliphatic rings. The summed E-state index contributed by atoms with van der Waals surface area (Å²) in [5.74, 6) is 1.44. The Hall–Kier alpha value is -0.900. The van der Waals surface area contributed by atoms with E-state index in [1.807, 2.05) is 20.3 Å². The van der Waals surface area contributed by atoms with Crippen molar-refractivity contribution in [2.75, 3.05) is 13.6 Å². The number of aromatic nitrogens is 3. The normalized spacial score (nSPS) is 27.5. The van der Waals surface area contributed by atoms with Crippen LogP contribution in [0.4, 0.5) is 0 Å². The van der Waals surface area contributed by atoms with Crippen LogP contribution in [-0.2, 0) is 7.05 Å². The van der Waals surface area contributed by atoms with E-state index in [-0.39, 0.29) is 0 Å². The largest absolute Gasteiger partial charge is 0.319 e. The van der Waals surface area contributed by atoms with Gasteiger partial charge in [0.1, 0.15) is 0 Å². The van der Waals surface area contributed by atoms with Crippen molar-refractivity contribution in [1.82, 2.24) is 20.3 Å². The van der Waals surface area contributed by atoms with Crippen LogP contribution in [-0.4, -0.2) is 28.6 Å². The lowest BCUT2D eigenvalue weighted by atomic mass is 10.2. The molecule has 0 radical (unpaired) electrons. The number of hydrogen-bond donors (Lipinski definition) is 1. The lowest BCUT2D eigenvalue weighted by Gasteiger charge is -1.93. The van der Waals surface area contributed by atoms with Crippen molar-refractivity contribution in [3.8, 4) is 0 Å². The molecule has 4 nitrogen and oxygen atoms in total. The molecule has 2 unspecified atom stereocenters. The average Bonchev–Trinajstić information content (AvgIpc) is 2.67. The Balaban J connectivity index is 1.96. The van der Waals surface area contributed by atoms with Gasteiger partial charge in [-0.2, -0.15) is 0 Å². The number of nitrogens with zero attached hydrogens (tertiary/aromatic N) is 3. The van der Waals surface area contributed by atoms with Gasteiger partial charge >= 0.3 is 0 Å². The molecule has 1 N–H and O–H groups in total. The first kappa shape index (κ1) is 7.73. The molecule has 1 heterocycles. The van der Waals surface area contributed by atoms with Crippen LogP contribution in [0.3, 0.4) is 0 Å². The monoisotopic (exact) mass is 166 g/mol. The molecule has 2 rings (SSSR count). The molecule has 1 aromatic heterocycles. The number of aryl methyl sites for hydroxylation is 1. The quantitative estimate of drug-likeness (QED) is 0.694. The van der Waals surface area contributed by atoms with Crippen LogP contribution in [0.5, 0.6) is 0 Å². The lowest BCUT2D eigenvalue weighted by Crippen LogP contribution is -2.10. The van der Waals surface area contributed by atoms with E-state index in [2.05, 4.69) is 15.6 Å². The molecule has 0 aromatic carbocycles. The Labute approximate surface area is 72.0 Å². The summed E-state index contributed by atoms with van der Waals surface area (Å²) in [6, 6.07) is 0. The highest BCUT2D eigenvalue weighted by Gasteiger charge is 2.39. The maximum absolute atomic E-state index is 4.10. The van der Waals surface area contributed by atoms with Gasteiger partial charge in [0.25, 0.3) is 0 Å². The van der Waals surface area contributed by atoms with Gasteiger partial charge in [-0.1, -0.05) is 5.21 Å². The summed E-state index contributed by atoms with van der Waals surface area (Å²) in [5, 5.41) is 11.2. The van der Waals surface area contributed by atoms with E-state index in [1.165, 1.54) is 6.42 Å². The van der Waals surface area contributed by atoms with Crippen LogP contribution >= 0.6 is 0 Å². The first-order valence-corrected chi connectivity index (χ1v) is 4.32. The van der Waals surface area contributed by atoms with Gasteiger partial charge in [0.2, 0.25) is 0 Å². The minimum Gasteiger partial charge on any atom is -0.319 e. The molecule has 0 aliphatic heterocycles. The Morgan fingerprint density at radius 2 is 2.58 bits per heavy atom. The summed E-state index contributed by atoms with van der Waals surface area (Å²) in [7, 11) is 3.90. The standard InChI is InChI=1S/C8H14N4/c1-9-4-6-3-7(6)8-5-12(2)11-10-8/h5-7,9H,3-4H2,1-2H3. The first-order chi connectivity index (χ1) is 5.81. The predicted octanol–water partition coefficient (Wildman–Crippen LogP) is 0.138. The van der Waals surface area contributed by atoms with Crippen molar-refractivity contribution < 1.29 is 0 Å². The van der Waals surface area contributed by atoms with E-state index >= 15 is 0 Å². The molecule has 1 saturated carbocycles. The van der Waals surface area contributed by atoms with E-state index < -0.39 is 0 Å². The summed E-state index contributed by atoms with van der Waals surface area (Å²) in [6.45, 7) is 1.10. The summed E-state index contributed by atoms with van der Waals surface area (Å²) < 4.78 is 1.77. The zero-order valence-electron chi connectivity index (χ0n) is 7.49. The highest BCUT2D eigenvalue weighted by Crippen LogP contribution is 2.45. The molecule has 66 valence electrons. The third-order valence-electron chi connectivity index (χ3n) is 2.39. The SMILES string of the molecule is CNCC1CC1c1cn(C)nn1. The summed E-state index contributed by atoms with van der Waals surface area (Å²) in [6.07, 6.45) is 3.28. The van der Waals surface area contributed by atoms with E-state index in [0.717, 1.165) is 18.2 Å². The van der Waals surface area contributed by atoms with Crippen LogP contribution in [0.1, 0.15) is 18.0 Å². The molecular formula is C8H14N4. The Morgan fingerprint density at radius 3 is 3.17 bits per heavy atom. The molecule has 1 fully saturated rings. The van der Waals surface area contributed by atoms with E-state index in [0.29, 0.717) is 5.92 Å². The molecule has 0 amide bonds. The third kappa shape index (κ3) is 1.34. The minimum atomic E-state index is 0.658. The smallest absolute Gasteiger partial charge is 0.0861 e. The Kier molecular flexibility index (Phi) is 1.84. The van der Waals surface area contributed by atoms with Gasteiger partial charge in [0.05, 0.1) is 5.69 Å². The maximum Gasteiger partial charge on any atom is 0.0861 e. The van der Waals surface area contributed by atoms with Crippen LogP contribution in [0.15, 0.2) is 6.20 Å². The second-order valence-corrected chi connectivity index (χ2v) is 3.48. The van der Waals surface area contributed by atoms with Gasteiger partial charge < -0.3 is 5.32 Å². The van der Waals surface area contributed by atoms with Crippen molar-refractivity contribution in [3.05, 3.63) is 11.9 Å². The van der Waals surface area contributed by atoms with Gasteiger partial charge in [-0.15, -0.1) is 5.10 Å². The fourth-order valence-electron chi connectivity index (χ4n) is 1.63. The predicted molar refractivity (Wildman–Crippen MR) is 45.8 cm³/mol. The summed E-state index contributed by atoms with van der Waals surface area (Å²) in [5.41, 5.74) is 1.15. The second kappa shape index (κ2) is 2.86. The zero-order valence-corrected chi connectivity index (χ0v) is 7.49. The fraction of sp³-hybridized carbons (Fsp3) is 0.750. The highest BCUT2D eigenvalue weighted by molar-refractivity contribution is 5.13. The molecule has 1 aliphatic carbocycles. The zero-order chi connectivity index (χ0) is 8.55. The molecule has 4 heteroatoms. The van der Waals surface area contributed by atoms with E-state index in [4.69, 9.17) is 0 Å². The van der Waals surface area contributed by atoms with Crippen LogP contribution in [0, 0.1) is 5.92 Å². The molecule has 12 heavy (non-hydrogen) atoms. The Morgan fingerprint density at radius 1 is 1.75 bits per heavy atom. The number of nitrogens with one attached hydrogen (secondary N) is 1. The van der Waals surface area contributed by atoms with Crippen molar-refractivity contribution in [1.29, 1.82) is 0 Å². The van der Waals surface area contributed by atoms with Crippen LogP contribution in [0.2, 0.25) is 0 Å². The first-order valence-electron chi connectivity index (χ1n) is 4.32. The topological polar surface area (TPSA) is 42.7 Å². The van der Waals surface area contributed by atoms with Crippen molar-refractivity contribution in [3.63, 3.8) is 0 Å². The highest BCUT2D eigenvalue weighted by atomic mass is 15.4. The van der Waals surface area contributed by atoms with E-state index in [1.54, 1.807) is 4.68 Å². The van der Waals surface area contributed by atoms with Gasteiger partial charge in [-0.05, 0) is 25.9 Å². The molecular weight excluding hydrogens is 152 g/mol. The van der Waals surface area contributed by atoms with Crippen molar-refractivity contribution in [2.24, 2.45) is 13.0 Å². The summed E-state index contributed by atoms with van der Waals surface area (Å²) in [4.78, 5) is 0. The summed E-state index contributed by atoms with van der Waals surface area (Å²) >= 11 is 0. The van der Waals surface area contributed by atoms with Gasteiger partial charge in [0, 0.05) is 19.2 Å². The molecule has 0 spiro atoms. The number of hydrogen-bond acceptors (Lipinski definition) is 3. The third-order valence-corrected chi connectivity index (χ3v) is 2.39. The molecule has 0 bridgehead atoms.